The molecule has 1 unspecified atom stereocenters. The van der Waals surface area contributed by atoms with E-state index in [0.29, 0.717) is 6.04 Å². The number of hydrogen-bond donors (Lipinski definition) is 1. The van der Waals surface area contributed by atoms with Crippen molar-refractivity contribution in [2.75, 3.05) is 6.54 Å². The van der Waals surface area contributed by atoms with Crippen molar-refractivity contribution in [3.05, 3.63) is 18.2 Å². The highest BCUT2D eigenvalue weighted by Gasteiger charge is 2.20. The van der Waals surface area contributed by atoms with Crippen LogP contribution < -0.4 is 5.32 Å². The summed E-state index contributed by atoms with van der Waals surface area (Å²) in [6.45, 7) is 3.40. The molecule has 0 spiro atoms. The predicted molar refractivity (Wildman–Crippen MR) is 80.2 cm³/mol. The summed E-state index contributed by atoms with van der Waals surface area (Å²) < 4.78 is 2.15. The molecule has 0 aromatic carbocycles. The fourth-order valence-electron chi connectivity index (χ4n) is 3.24. The molecule has 0 bridgehead atoms. The average Bonchev–Trinajstić information content (AvgIpc) is 3.04. The zero-order valence-corrected chi connectivity index (χ0v) is 12.6. The van der Waals surface area contributed by atoms with Gasteiger partial charge in [-0.25, -0.2) is 4.98 Å². The molecule has 0 aliphatic heterocycles. The Labute approximate surface area is 117 Å². The van der Waals surface area contributed by atoms with Crippen LogP contribution in [0.5, 0.6) is 0 Å². The minimum absolute atomic E-state index is 0.680. The van der Waals surface area contributed by atoms with Crippen LogP contribution >= 0.6 is 0 Å². The van der Waals surface area contributed by atoms with Gasteiger partial charge in [0.25, 0.3) is 0 Å². The number of aryl methyl sites for hydroxylation is 2. The van der Waals surface area contributed by atoms with Crippen LogP contribution in [0.1, 0.15) is 57.7 Å². The largest absolute Gasteiger partial charge is 0.338 e. The van der Waals surface area contributed by atoms with Gasteiger partial charge >= 0.3 is 0 Å². The van der Waals surface area contributed by atoms with Gasteiger partial charge in [-0.15, -0.1) is 0 Å². The first-order valence-corrected chi connectivity index (χ1v) is 7.99. The summed E-state index contributed by atoms with van der Waals surface area (Å²) in [6, 6.07) is 0.680. The molecule has 19 heavy (non-hydrogen) atoms. The summed E-state index contributed by atoms with van der Waals surface area (Å²) in [5, 5.41) is 3.74. The van der Waals surface area contributed by atoms with Gasteiger partial charge < -0.3 is 9.88 Å². The van der Waals surface area contributed by atoms with Gasteiger partial charge in [0.2, 0.25) is 0 Å². The van der Waals surface area contributed by atoms with E-state index < -0.39 is 0 Å². The Morgan fingerprint density at radius 1 is 1.42 bits per heavy atom. The van der Waals surface area contributed by atoms with E-state index in [1.807, 2.05) is 12.4 Å². The van der Waals surface area contributed by atoms with Gasteiger partial charge in [-0.3, -0.25) is 0 Å². The molecular weight excluding hydrogens is 234 g/mol. The Morgan fingerprint density at radius 2 is 2.21 bits per heavy atom. The summed E-state index contributed by atoms with van der Waals surface area (Å²) in [7, 11) is 2.09. The highest BCUT2D eigenvalue weighted by Crippen LogP contribution is 2.29. The van der Waals surface area contributed by atoms with Crippen LogP contribution in [0.2, 0.25) is 0 Å². The molecule has 1 heterocycles. The monoisotopic (exact) mass is 263 g/mol. The number of nitrogens with one attached hydrogen (secondary N) is 1. The number of imidazole rings is 1. The second-order valence-corrected chi connectivity index (χ2v) is 6.03. The smallest absolute Gasteiger partial charge is 0.108 e. The van der Waals surface area contributed by atoms with E-state index in [4.69, 9.17) is 0 Å². The van der Waals surface area contributed by atoms with Crippen molar-refractivity contribution >= 4 is 0 Å². The molecule has 1 aromatic rings. The van der Waals surface area contributed by atoms with Gasteiger partial charge in [-0.2, -0.15) is 0 Å². The third-order valence-corrected chi connectivity index (χ3v) is 4.41. The Balaban J connectivity index is 1.80. The van der Waals surface area contributed by atoms with Crippen LogP contribution in [0, 0.1) is 5.92 Å². The molecule has 1 saturated carbocycles. The topological polar surface area (TPSA) is 29.9 Å². The standard InChI is InChI=1S/C16H29N3/c1-3-10-17-15(13-14-6-4-5-7-14)8-9-16-18-11-12-19(16)2/h11-12,14-15,17H,3-10,13H2,1-2H3. The second kappa shape index (κ2) is 7.68. The molecule has 1 atom stereocenters. The molecule has 1 aromatic heterocycles. The zero-order chi connectivity index (χ0) is 13.5. The molecule has 1 N–H and O–H groups in total. The van der Waals surface area contributed by atoms with E-state index >= 15 is 0 Å². The normalized spacial score (nSPS) is 18.0. The lowest BCUT2D eigenvalue weighted by Crippen LogP contribution is -2.32. The number of nitrogens with zero attached hydrogens (tertiary/aromatic N) is 2. The third kappa shape index (κ3) is 4.64. The van der Waals surface area contributed by atoms with Crippen LogP contribution in [-0.2, 0) is 13.5 Å². The molecular formula is C16H29N3. The lowest BCUT2D eigenvalue weighted by atomic mass is 9.95. The van der Waals surface area contributed by atoms with Gasteiger partial charge in [-0.05, 0) is 31.7 Å². The van der Waals surface area contributed by atoms with E-state index in [-0.39, 0.29) is 0 Å². The molecule has 3 nitrogen and oxygen atoms in total. The van der Waals surface area contributed by atoms with E-state index in [1.165, 1.54) is 50.8 Å². The maximum absolute atomic E-state index is 4.44. The lowest BCUT2D eigenvalue weighted by Gasteiger charge is -2.21. The van der Waals surface area contributed by atoms with Crippen molar-refractivity contribution in [2.24, 2.45) is 13.0 Å². The van der Waals surface area contributed by atoms with Crippen LogP contribution in [-0.4, -0.2) is 22.1 Å². The third-order valence-electron chi connectivity index (χ3n) is 4.41. The van der Waals surface area contributed by atoms with E-state index in [1.54, 1.807) is 0 Å². The fraction of sp³-hybridized carbons (Fsp3) is 0.812. The maximum Gasteiger partial charge on any atom is 0.108 e. The van der Waals surface area contributed by atoms with E-state index in [0.717, 1.165) is 18.9 Å². The molecule has 108 valence electrons. The fourth-order valence-corrected chi connectivity index (χ4v) is 3.24. The van der Waals surface area contributed by atoms with Gasteiger partial charge in [0, 0.05) is 31.9 Å². The maximum atomic E-state index is 4.44. The number of aromatic nitrogens is 2. The predicted octanol–water partition coefficient (Wildman–Crippen LogP) is 3.30. The van der Waals surface area contributed by atoms with Crippen molar-refractivity contribution in [2.45, 2.75) is 64.3 Å². The molecule has 1 aliphatic carbocycles. The molecule has 0 amide bonds. The first-order chi connectivity index (χ1) is 9.29. The van der Waals surface area contributed by atoms with Crippen LogP contribution in [0.15, 0.2) is 12.4 Å². The van der Waals surface area contributed by atoms with Crippen molar-refractivity contribution in [3.63, 3.8) is 0 Å². The van der Waals surface area contributed by atoms with Crippen molar-refractivity contribution in [3.8, 4) is 0 Å². The van der Waals surface area contributed by atoms with Gasteiger partial charge in [-0.1, -0.05) is 32.6 Å². The lowest BCUT2D eigenvalue weighted by molar-refractivity contribution is 0.368. The van der Waals surface area contributed by atoms with E-state index in [2.05, 4.69) is 28.8 Å². The molecule has 1 fully saturated rings. The average molecular weight is 263 g/mol. The van der Waals surface area contributed by atoms with Crippen LogP contribution in [0.4, 0.5) is 0 Å². The minimum Gasteiger partial charge on any atom is -0.338 e. The summed E-state index contributed by atoms with van der Waals surface area (Å²) >= 11 is 0. The number of rotatable bonds is 8. The summed E-state index contributed by atoms with van der Waals surface area (Å²) in [5.41, 5.74) is 0. The Kier molecular flexibility index (Phi) is 5.90. The minimum atomic E-state index is 0.680. The quantitative estimate of drug-likeness (QED) is 0.780. The van der Waals surface area contributed by atoms with Crippen LogP contribution in [0.25, 0.3) is 0 Å². The highest BCUT2D eigenvalue weighted by molar-refractivity contribution is 4.92. The molecule has 0 saturated heterocycles. The van der Waals surface area contributed by atoms with E-state index in [9.17, 15) is 0 Å². The van der Waals surface area contributed by atoms with Crippen molar-refractivity contribution in [1.29, 1.82) is 0 Å². The summed E-state index contributed by atoms with van der Waals surface area (Å²) in [6.07, 6.45) is 14.7. The Hall–Kier alpha value is -0.830. The zero-order valence-electron chi connectivity index (χ0n) is 12.6. The first kappa shape index (κ1) is 14.6. The Morgan fingerprint density at radius 3 is 2.84 bits per heavy atom. The Bertz CT molecular complexity index is 353. The van der Waals surface area contributed by atoms with Crippen molar-refractivity contribution < 1.29 is 0 Å². The summed E-state index contributed by atoms with van der Waals surface area (Å²) in [5.74, 6) is 2.19. The SMILES string of the molecule is CCCNC(CCc1nccn1C)CC1CCCC1. The highest BCUT2D eigenvalue weighted by atomic mass is 15.0. The van der Waals surface area contributed by atoms with Crippen LogP contribution in [0.3, 0.4) is 0 Å². The van der Waals surface area contributed by atoms with Gasteiger partial charge in [0.15, 0.2) is 0 Å². The molecule has 2 rings (SSSR count). The van der Waals surface area contributed by atoms with Crippen molar-refractivity contribution in [1.82, 2.24) is 14.9 Å². The van der Waals surface area contributed by atoms with Gasteiger partial charge in [0.05, 0.1) is 0 Å². The molecule has 1 aliphatic rings. The van der Waals surface area contributed by atoms with Gasteiger partial charge in [0.1, 0.15) is 5.82 Å². The number of hydrogen-bond acceptors (Lipinski definition) is 2. The second-order valence-electron chi connectivity index (χ2n) is 6.03. The molecule has 3 heteroatoms. The summed E-state index contributed by atoms with van der Waals surface area (Å²) in [4.78, 5) is 4.44. The molecule has 0 radical (unpaired) electrons. The first-order valence-electron chi connectivity index (χ1n) is 7.99.